The second-order valence-corrected chi connectivity index (χ2v) is 6.00. The van der Waals surface area contributed by atoms with Crippen molar-refractivity contribution in [3.63, 3.8) is 0 Å². The summed E-state index contributed by atoms with van der Waals surface area (Å²) < 4.78 is 5.19. The van der Waals surface area contributed by atoms with Crippen molar-refractivity contribution in [2.24, 2.45) is 0 Å². The molecular formula is C13H15NO3S. The lowest BCUT2D eigenvalue weighted by Crippen LogP contribution is -2.38. The number of carbonyl (C=O) groups excluding carboxylic acids is 2. The molecular weight excluding hydrogens is 250 g/mol. The first kappa shape index (κ1) is 12.8. The standard InChI is InChI=1S/C13H15NO3S/c1-13(2,3)17-12(16)14-8-9(7-11(14)15)10-5-4-6-18-10/h4-7H,8H2,1-3H3. The molecule has 0 unspecified atom stereocenters. The van der Waals surface area contributed by atoms with Crippen LogP contribution < -0.4 is 0 Å². The molecule has 1 aliphatic rings. The average molecular weight is 265 g/mol. The predicted octanol–water partition coefficient (Wildman–Crippen LogP) is 2.91. The summed E-state index contributed by atoms with van der Waals surface area (Å²) in [4.78, 5) is 25.7. The van der Waals surface area contributed by atoms with E-state index < -0.39 is 11.7 Å². The number of rotatable bonds is 1. The van der Waals surface area contributed by atoms with Gasteiger partial charge in [0, 0.05) is 11.0 Å². The predicted molar refractivity (Wildman–Crippen MR) is 70.2 cm³/mol. The molecule has 0 aliphatic carbocycles. The smallest absolute Gasteiger partial charge is 0.417 e. The number of hydrogen-bond acceptors (Lipinski definition) is 4. The number of carbonyl (C=O) groups is 2. The third-order valence-electron chi connectivity index (χ3n) is 2.34. The van der Waals surface area contributed by atoms with Crippen molar-refractivity contribution in [1.29, 1.82) is 0 Å². The van der Waals surface area contributed by atoms with Crippen LogP contribution in [0.1, 0.15) is 25.6 Å². The number of ether oxygens (including phenoxy) is 1. The van der Waals surface area contributed by atoms with Gasteiger partial charge in [-0.1, -0.05) is 6.07 Å². The topological polar surface area (TPSA) is 46.6 Å². The highest BCUT2D eigenvalue weighted by Gasteiger charge is 2.31. The van der Waals surface area contributed by atoms with Gasteiger partial charge in [0.15, 0.2) is 0 Å². The maximum atomic E-state index is 11.8. The lowest BCUT2D eigenvalue weighted by Gasteiger charge is -2.23. The lowest BCUT2D eigenvalue weighted by molar-refractivity contribution is -0.123. The summed E-state index contributed by atoms with van der Waals surface area (Å²) in [6.45, 7) is 5.62. The summed E-state index contributed by atoms with van der Waals surface area (Å²) in [7, 11) is 0. The Morgan fingerprint density at radius 3 is 2.72 bits per heavy atom. The molecule has 0 radical (unpaired) electrons. The van der Waals surface area contributed by atoms with Crippen molar-refractivity contribution >= 4 is 28.9 Å². The van der Waals surface area contributed by atoms with Crippen molar-refractivity contribution in [1.82, 2.24) is 4.90 Å². The van der Waals surface area contributed by atoms with Crippen LogP contribution in [0.3, 0.4) is 0 Å². The zero-order chi connectivity index (χ0) is 13.3. The molecule has 0 N–H and O–H groups in total. The number of hydrogen-bond donors (Lipinski definition) is 0. The highest BCUT2D eigenvalue weighted by molar-refractivity contribution is 7.11. The highest BCUT2D eigenvalue weighted by Crippen LogP contribution is 2.26. The first-order valence-corrected chi connectivity index (χ1v) is 6.54. The van der Waals surface area contributed by atoms with E-state index in [2.05, 4.69) is 0 Å². The van der Waals surface area contributed by atoms with Crippen molar-refractivity contribution in [3.8, 4) is 0 Å². The molecule has 0 spiro atoms. The third kappa shape index (κ3) is 2.79. The second kappa shape index (κ2) is 4.57. The molecule has 2 amide bonds. The fraction of sp³-hybridized carbons (Fsp3) is 0.385. The number of imide groups is 1. The summed E-state index contributed by atoms with van der Waals surface area (Å²) in [5, 5.41) is 1.94. The van der Waals surface area contributed by atoms with Crippen LogP contribution in [0.2, 0.25) is 0 Å². The molecule has 0 saturated carbocycles. The summed E-state index contributed by atoms with van der Waals surface area (Å²) in [5.41, 5.74) is 0.268. The molecule has 0 aromatic carbocycles. The zero-order valence-corrected chi connectivity index (χ0v) is 11.4. The Labute approximate surface area is 110 Å². The molecule has 1 aromatic rings. The van der Waals surface area contributed by atoms with E-state index in [0.29, 0.717) is 0 Å². The summed E-state index contributed by atoms with van der Waals surface area (Å²) >= 11 is 1.55. The number of amides is 2. The first-order valence-electron chi connectivity index (χ1n) is 5.66. The molecule has 0 fully saturated rings. The highest BCUT2D eigenvalue weighted by atomic mass is 32.1. The Morgan fingerprint density at radius 1 is 1.44 bits per heavy atom. The third-order valence-corrected chi connectivity index (χ3v) is 3.29. The molecule has 18 heavy (non-hydrogen) atoms. The quantitative estimate of drug-likeness (QED) is 0.784. The molecule has 5 heteroatoms. The SMILES string of the molecule is CC(C)(C)OC(=O)N1CC(c2cccs2)=CC1=O. The maximum Gasteiger partial charge on any atom is 0.417 e. The number of thiophene rings is 1. The van der Waals surface area contributed by atoms with E-state index in [1.807, 2.05) is 17.5 Å². The zero-order valence-electron chi connectivity index (χ0n) is 10.6. The van der Waals surface area contributed by atoms with E-state index in [4.69, 9.17) is 4.74 Å². The van der Waals surface area contributed by atoms with Crippen LogP contribution in [-0.4, -0.2) is 29.0 Å². The molecule has 2 rings (SSSR count). The van der Waals surface area contributed by atoms with E-state index in [9.17, 15) is 9.59 Å². The van der Waals surface area contributed by atoms with Gasteiger partial charge >= 0.3 is 6.09 Å². The van der Waals surface area contributed by atoms with Gasteiger partial charge in [0.25, 0.3) is 5.91 Å². The van der Waals surface area contributed by atoms with Crippen LogP contribution in [0.5, 0.6) is 0 Å². The first-order chi connectivity index (χ1) is 8.37. The molecule has 4 nitrogen and oxygen atoms in total. The van der Waals surface area contributed by atoms with Gasteiger partial charge in [0.2, 0.25) is 0 Å². The van der Waals surface area contributed by atoms with Crippen LogP contribution in [0, 0.1) is 0 Å². The van der Waals surface area contributed by atoms with Gasteiger partial charge in [-0.2, -0.15) is 0 Å². The molecule has 0 bridgehead atoms. The normalized spacial score (nSPS) is 15.8. The van der Waals surface area contributed by atoms with Gasteiger partial charge in [-0.05, 0) is 37.8 Å². The summed E-state index contributed by atoms with van der Waals surface area (Å²) in [6.07, 6.45) is 0.908. The van der Waals surface area contributed by atoms with Crippen molar-refractivity contribution < 1.29 is 14.3 Å². The van der Waals surface area contributed by atoms with Gasteiger partial charge in [-0.25, -0.2) is 9.69 Å². The Morgan fingerprint density at radius 2 is 2.17 bits per heavy atom. The lowest BCUT2D eigenvalue weighted by atomic mass is 10.2. The van der Waals surface area contributed by atoms with Gasteiger partial charge in [0.1, 0.15) is 5.60 Å². The van der Waals surface area contributed by atoms with Crippen LogP contribution in [-0.2, 0) is 9.53 Å². The minimum Gasteiger partial charge on any atom is -0.443 e. The number of nitrogens with zero attached hydrogens (tertiary/aromatic N) is 1. The van der Waals surface area contributed by atoms with Crippen LogP contribution in [0.25, 0.3) is 5.57 Å². The molecule has 1 aromatic heterocycles. The monoisotopic (exact) mass is 265 g/mol. The molecule has 0 atom stereocenters. The van der Waals surface area contributed by atoms with Crippen molar-refractivity contribution in [3.05, 3.63) is 28.5 Å². The van der Waals surface area contributed by atoms with E-state index in [-0.39, 0.29) is 12.5 Å². The van der Waals surface area contributed by atoms with E-state index in [0.717, 1.165) is 15.4 Å². The molecule has 1 aliphatic heterocycles. The van der Waals surface area contributed by atoms with E-state index in [1.54, 1.807) is 32.1 Å². The Hall–Kier alpha value is -1.62. The Bertz CT molecular complexity index is 497. The Balaban J connectivity index is 2.08. The second-order valence-electron chi connectivity index (χ2n) is 5.05. The minimum absolute atomic E-state index is 0.286. The fourth-order valence-corrected chi connectivity index (χ4v) is 2.34. The average Bonchev–Trinajstić information content (AvgIpc) is 2.82. The van der Waals surface area contributed by atoms with Crippen LogP contribution >= 0.6 is 11.3 Å². The largest absolute Gasteiger partial charge is 0.443 e. The van der Waals surface area contributed by atoms with Gasteiger partial charge < -0.3 is 4.74 Å². The Kier molecular flexibility index (Phi) is 3.26. The summed E-state index contributed by atoms with van der Waals surface area (Å²) in [5.74, 6) is -0.312. The minimum atomic E-state index is -0.594. The maximum absolute atomic E-state index is 11.8. The van der Waals surface area contributed by atoms with E-state index >= 15 is 0 Å². The van der Waals surface area contributed by atoms with Crippen molar-refractivity contribution in [2.45, 2.75) is 26.4 Å². The molecule has 2 heterocycles. The molecule has 96 valence electrons. The van der Waals surface area contributed by atoms with Gasteiger partial charge in [-0.15, -0.1) is 11.3 Å². The fourth-order valence-electron chi connectivity index (χ4n) is 1.60. The van der Waals surface area contributed by atoms with Crippen LogP contribution in [0.4, 0.5) is 4.79 Å². The van der Waals surface area contributed by atoms with Gasteiger partial charge in [0.05, 0.1) is 6.54 Å². The summed E-state index contributed by atoms with van der Waals surface area (Å²) in [6, 6.07) is 3.85. The molecule has 0 saturated heterocycles. The van der Waals surface area contributed by atoms with Gasteiger partial charge in [-0.3, -0.25) is 4.79 Å². The van der Waals surface area contributed by atoms with Crippen LogP contribution in [0.15, 0.2) is 23.6 Å². The van der Waals surface area contributed by atoms with E-state index in [1.165, 1.54) is 6.08 Å². The van der Waals surface area contributed by atoms with Crippen molar-refractivity contribution in [2.75, 3.05) is 6.54 Å².